The minimum absolute atomic E-state index is 0.0574. The summed E-state index contributed by atoms with van der Waals surface area (Å²) in [5, 5.41) is 20.5. The highest BCUT2D eigenvalue weighted by Gasteiger charge is 2.41. The van der Waals surface area contributed by atoms with Gasteiger partial charge in [0.25, 0.3) is 5.91 Å². The molecule has 1 fully saturated rings. The van der Waals surface area contributed by atoms with Crippen molar-refractivity contribution in [1.29, 1.82) is 0 Å². The van der Waals surface area contributed by atoms with Crippen molar-refractivity contribution in [2.45, 2.75) is 64.9 Å². The van der Waals surface area contributed by atoms with Gasteiger partial charge >= 0.3 is 0 Å². The number of amides is 1. The van der Waals surface area contributed by atoms with Crippen LogP contribution in [0, 0.1) is 0 Å². The molecule has 0 aliphatic carbocycles. The average molecular weight is 319 g/mol. The summed E-state index contributed by atoms with van der Waals surface area (Å²) in [4.78, 5) is 14.3. The van der Waals surface area contributed by atoms with E-state index in [1.54, 1.807) is 17.9 Å². The molecule has 0 aromatic heterocycles. The van der Waals surface area contributed by atoms with Crippen LogP contribution < -0.4 is 0 Å². The number of hydrogen-bond donors (Lipinski definition) is 2. The SMILES string of the molecule is CC1(O)CN(C(=O)c2cc(C(C)(C)C)cc(C(C)(C)C)c2O)C1. The molecule has 2 rings (SSSR count). The van der Waals surface area contributed by atoms with E-state index in [1.807, 2.05) is 26.8 Å². The Morgan fingerprint density at radius 3 is 2.00 bits per heavy atom. The van der Waals surface area contributed by atoms with Crippen LogP contribution in [-0.4, -0.2) is 39.7 Å². The van der Waals surface area contributed by atoms with Gasteiger partial charge in [0.2, 0.25) is 0 Å². The van der Waals surface area contributed by atoms with E-state index in [-0.39, 0.29) is 22.5 Å². The van der Waals surface area contributed by atoms with Crippen LogP contribution in [0.2, 0.25) is 0 Å². The highest BCUT2D eigenvalue weighted by Crippen LogP contribution is 2.38. The molecule has 1 aliphatic heterocycles. The van der Waals surface area contributed by atoms with Crippen molar-refractivity contribution in [1.82, 2.24) is 4.90 Å². The Bertz CT molecular complexity index is 625. The van der Waals surface area contributed by atoms with E-state index in [0.29, 0.717) is 18.7 Å². The average Bonchev–Trinajstić information content (AvgIpc) is 2.32. The number of carbonyl (C=O) groups excluding carboxylic acids is 1. The third-order valence-electron chi connectivity index (χ3n) is 4.36. The number of likely N-dealkylation sites (tertiary alicyclic amines) is 1. The van der Waals surface area contributed by atoms with E-state index in [9.17, 15) is 15.0 Å². The van der Waals surface area contributed by atoms with Gasteiger partial charge in [-0.25, -0.2) is 0 Å². The molecule has 4 heteroatoms. The second kappa shape index (κ2) is 5.23. The molecule has 1 aromatic rings. The summed E-state index contributed by atoms with van der Waals surface area (Å²) in [6.45, 7) is 14.7. The first-order chi connectivity index (χ1) is 10.2. The number of phenols is 1. The molecule has 0 atom stereocenters. The van der Waals surface area contributed by atoms with E-state index in [1.165, 1.54) is 0 Å². The zero-order valence-electron chi connectivity index (χ0n) is 15.3. The molecule has 1 aromatic carbocycles. The standard InChI is InChI=1S/C19H29NO3/c1-17(2,3)12-8-13(15(21)14(9-12)18(4,5)6)16(22)20-10-19(7,23)11-20/h8-9,21,23H,10-11H2,1-7H3. The number of carbonyl (C=O) groups is 1. The predicted octanol–water partition coefficient (Wildman–Crippen LogP) is 3.19. The Balaban J connectivity index is 2.52. The smallest absolute Gasteiger partial charge is 0.257 e. The van der Waals surface area contributed by atoms with Crippen molar-refractivity contribution in [2.75, 3.05) is 13.1 Å². The van der Waals surface area contributed by atoms with Crippen molar-refractivity contribution in [3.63, 3.8) is 0 Å². The Labute approximate surface area is 139 Å². The lowest BCUT2D eigenvalue weighted by Crippen LogP contribution is -2.61. The number of aliphatic hydroxyl groups is 1. The molecule has 0 saturated carbocycles. The summed E-state index contributed by atoms with van der Waals surface area (Å²) in [6, 6.07) is 3.79. The van der Waals surface area contributed by atoms with Crippen molar-refractivity contribution >= 4 is 5.91 Å². The predicted molar refractivity (Wildman–Crippen MR) is 92.0 cm³/mol. The number of rotatable bonds is 1. The number of benzene rings is 1. The summed E-state index contributed by atoms with van der Waals surface area (Å²) < 4.78 is 0. The summed E-state index contributed by atoms with van der Waals surface area (Å²) >= 11 is 0. The van der Waals surface area contributed by atoms with Crippen LogP contribution in [0.3, 0.4) is 0 Å². The van der Waals surface area contributed by atoms with Gasteiger partial charge in [0.1, 0.15) is 5.75 Å². The topological polar surface area (TPSA) is 60.8 Å². The lowest BCUT2D eigenvalue weighted by Gasteiger charge is -2.44. The second-order valence-corrected chi connectivity index (χ2v) is 9.08. The van der Waals surface area contributed by atoms with Crippen LogP contribution in [0.15, 0.2) is 12.1 Å². The van der Waals surface area contributed by atoms with E-state index in [0.717, 1.165) is 11.1 Å². The number of aromatic hydroxyl groups is 1. The fourth-order valence-electron chi connectivity index (χ4n) is 2.89. The second-order valence-electron chi connectivity index (χ2n) is 9.08. The molecule has 1 saturated heterocycles. The zero-order chi connectivity index (χ0) is 17.8. The first kappa shape index (κ1) is 17.8. The molecule has 1 amide bonds. The minimum atomic E-state index is -0.820. The summed E-state index contributed by atoms with van der Waals surface area (Å²) in [5.41, 5.74) is 0.929. The maximum absolute atomic E-state index is 12.7. The molecule has 2 N–H and O–H groups in total. The van der Waals surface area contributed by atoms with Crippen molar-refractivity contribution in [3.8, 4) is 5.75 Å². The van der Waals surface area contributed by atoms with Crippen LogP contribution in [-0.2, 0) is 10.8 Å². The minimum Gasteiger partial charge on any atom is -0.507 e. The Morgan fingerprint density at radius 1 is 1.09 bits per heavy atom. The summed E-state index contributed by atoms with van der Waals surface area (Å²) in [7, 11) is 0. The molecule has 128 valence electrons. The molecular formula is C19H29NO3. The zero-order valence-corrected chi connectivity index (χ0v) is 15.3. The molecule has 0 bridgehead atoms. The van der Waals surface area contributed by atoms with Gasteiger partial charge in [-0.3, -0.25) is 4.79 Å². The van der Waals surface area contributed by atoms with Crippen LogP contribution >= 0.6 is 0 Å². The lowest BCUT2D eigenvalue weighted by atomic mass is 9.78. The fraction of sp³-hybridized carbons (Fsp3) is 0.632. The van der Waals surface area contributed by atoms with Crippen LogP contribution in [0.4, 0.5) is 0 Å². The highest BCUT2D eigenvalue weighted by molar-refractivity contribution is 5.98. The van der Waals surface area contributed by atoms with Crippen LogP contribution in [0.25, 0.3) is 0 Å². The van der Waals surface area contributed by atoms with Gasteiger partial charge in [0.15, 0.2) is 0 Å². The molecule has 1 aliphatic rings. The molecule has 4 nitrogen and oxygen atoms in total. The van der Waals surface area contributed by atoms with Crippen molar-refractivity contribution in [3.05, 3.63) is 28.8 Å². The third kappa shape index (κ3) is 3.52. The number of β-amino-alcohol motifs (C(OH)–C–C–N with tert-alkyl or cyclic N) is 1. The summed E-state index contributed by atoms with van der Waals surface area (Å²) in [6.07, 6.45) is 0. The van der Waals surface area contributed by atoms with Crippen molar-refractivity contribution in [2.24, 2.45) is 0 Å². The highest BCUT2D eigenvalue weighted by atomic mass is 16.3. The molecule has 0 radical (unpaired) electrons. The first-order valence-corrected chi connectivity index (χ1v) is 8.12. The monoisotopic (exact) mass is 319 g/mol. The summed E-state index contributed by atoms with van der Waals surface area (Å²) in [5.74, 6) is -0.160. The quantitative estimate of drug-likeness (QED) is 0.835. The molecule has 0 spiro atoms. The third-order valence-corrected chi connectivity index (χ3v) is 4.36. The van der Waals surface area contributed by atoms with Gasteiger partial charge in [0, 0.05) is 5.56 Å². The van der Waals surface area contributed by atoms with Gasteiger partial charge in [0.05, 0.1) is 24.3 Å². The molecule has 0 unspecified atom stereocenters. The van der Waals surface area contributed by atoms with E-state index >= 15 is 0 Å². The molecule has 1 heterocycles. The van der Waals surface area contributed by atoms with Gasteiger partial charge < -0.3 is 15.1 Å². The van der Waals surface area contributed by atoms with Gasteiger partial charge in [-0.15, -0.1) is 0 Å². The lowest BCUT2D eigenvalue weighted by molar-refractivity contribution is -0.0669. The number of phenolic OH excluding ortho intramolecular Hbond substituents is 1. The van der Waals surface area contributed by atoms with Gasteiger partial charge in [-0.1, -0.05) is 47.6 Å². The van der Waals surface area contributed by atoms with Gasteiger partial charge in [-0.05, 0) is 29.4 Å². The van der Waals surface area contributed by atoms with Crippen LogP contribution in [0.1, 0.15) is 70.0 Å². The van der Waals surface area contributed by atoms with E-state index < -0.39 is 5.60 Å². The Kier molecular flexibility index (Phi) is 4.05. The fourth-order valence-corrected chi connectivity index (χ4v) is 2.89. The van der Waals surface area contributed by atoms with Crippen molar-refractivity contribution < 1.29 is 15.0 Å². The van der Waals surface area contributed by atoms with Crippen LogP contribution in [0.5, 0.6) is 5.75 Å². The Hall–Kier alpha value is -1.55. The number of nitrogens with zero attached hydrogens (tertiary/aromatic N) is 1. The van der Waals surface area contributed by atoms with E-state index in [2.05, 4.69) is 20.8 Å². The molecule has 23 heavy (non-hydrogen) atoms. The maximum Gasteiger partial charge on any atom is 0.257 e. The normalized spacial score (nSPS) is 17.8. The van der Waals surface area contributed by atoms with Gasteiger partial charge in [-0.2, -0.15) is 0 Å². The maximum atomic E-state index is 12.7. The molecular weight excluding hydrogens is 290 g/mol. The largest absolute Gasteiger partial charge is 0.507 e. The van der Waals surface area contributed by atoms with E-state index in [4.69, 9.17) is 0 Å². The Morgan fingerprint density at radius 2 is 1.61 bits per heavy atom. The first-order valence-electron chi connectivity index (χ1n) is 8.12. The number of hydrogen-bond acceptors (Lipinski definition) is 3.